The van der Waals surface area contributed by atoms with E-state index in [2.05, 4.69) is 71.6 Å². The Morgan fingerprint density at radius 1 is 0.894 bits per heavy atom. The molecular formula is C41H57NO5. The predicted octanol–water partition coefficient (Wildman–Crippen LogP) is 9.62. The quantitative estimate of drug-likeness (QED) is 0.245. The van der Waals surface area contributed by atoms with Crippen molar-refractivity contribution in [3.8, 4) is 0 Å². The second kappa shape index (κ2) is 11.6. The molecule has 0 aromatic heterocycles. The van der Waals surface area contributed by atoms with Gasteiger partial charge in [0.05, 0.1) is 11.8 Å². The van der Waals surface area contributed by atoms with Crippen molar-refractivity contribution in [1.82, 2.24) is 0 Å². The molecule has 0 heterocycles. The third-order valence-electron chi connectivity index (χ3n) is 15.4. The van der Waals surface area contributed by atoms with Gasteiger partial charge in [-0.25, -0.2) is 0 Å². The smallest absolute Gasteiger partial charge is 0.309 e. The van der Waals surface area contributed by atoms with Crippen LogP contribution in [0.1, 0.15) is 124 Å². The zero-order valence-electron chi connectivity index (χ0n) is 29.6. The van der Waals surface area contributed by atoms with Crippen LogP contribution in [0.15, 0.2) is 42.5 Å². The van der Waals surface area contributed by atoms with Gasteiger partial charge in [-0.05, 0) is 146 Å². The lowest BCUT2D eigenvalue weighted by atomic mass is 9.31. The van der Waals surface area contributed by atoms with Crippen molar-refractivity contribution in [3.63, 3.8) is 0 Å². The van der Waals surface area contributed by atoms with Crippen LogP contribution in [0.4, 0.5) is 5.69 Å². The molecule has 4 saturated carbocycles. The van der Waals surface area contributed by atoms with Crippen molar-refractivity contribution < 1.29 is 24.6 Å². The summed E-state index contributed by atoms with van der Waals surface area (Å²) in [5.74, 6) is 0.268. The Kier molecular flexibility index (Phi) is 8.40. The number of carbonyl (C=O) groups is 3. The fraction of sp³-hybridized carbons (Fsp3) is 0.683. The van der Waals surface area contributed by atoms with E-state index in [1.807, 2.05) is 12.1 Å². The fourth-order valence-electron chi connectivity index (χ4n) is 13.4. The second-order valence-electron chi connectivity index (χ2n) is 17.3. The highest BCUT2D eigenvalue weighted by Crippen LogP contribution is 2.78. The number of rotatable bonds is 8. The molecule has 6 nitrogen and oxygen atoms in total. The van der Waals surface area contributed by atoms with E-state index in [4.69, 9.17) is 5.11 Å². The normalized spacial score (nSPS) is 40.1. The van der Waals surface area contributed by atoms with Crippen LogP contribution in [0, 0.1) is 56.7 Å². The van der Waals surface area contributed by atoms with Crippen LogP contribution in [-0.2, 0) is 14.4 Å². The summed E-state index contributed by atoms with van der Waals surface area (Å²) >= 11 is 0. The molecule has 5 aliphatic carbocycles. The largest absolute Gasteiger partial charge is 0.481 e. The first-order chi connectivity index (χ1) is 22.1. The molecule has 0 saturated heterocycles. The zero-order valence-corrected chi connectivity index (χ0v) is 29.6. The maximum absolute atomic E-state index is 13.1. The van der Waals surface area contributed by atoms with Gasteiger partial charge in [0.1, 0.15) is 0 Å². The van der Waals surface area contributed by atoms with Crippen LogP contribution >= 0.6 is 0 Å². The lowest BCUT2D eigenvalue weighted by Gasteiger charge is -2.73. The molecule has 6 rings (SSSR count). The summed E-state index contributed by atoms with van der Waals surface area (Å²) in [6.07, 6.45) is 12.8. The number of allylic oxidation sites excluding steroid dienone is 3. The Hall–Kier alpha value is -2.89. The highest BCUT2D eigenvalue weighted by atomic mass is 16.4. The Balaban J connectivity index is 1.30. The van der Waals surface area contributed by atoms with Gasteiger partial charge in [-0.2, -0.15) is 0 Å². The molecule has 0 radical (unpaired) electrons. The molecule has 256 valence electrons. The van der Waals surface area contributed by atoms with Crippen LogP contribution in [0.2, 0.25) is 0 Å². The van der Waals surface area contributed by atoms with E-state index in [1.165, 1.54) is 36.0 Å². The van der Waals surface area contributed by atoms with Gasteiger partial charge in [-0.1, -0.05) is 65.0 Å². The van der Waals surface area contributed by atoms with E-state index in [0.717, 1.165) is 44.9 Å². The van der Waals surface area contributed by atoms with E-state index < -0.39 is 17.4 Å². The molecule has 6 heteroatoms. The summed E-state index contributed by atoms with van der Waals surface area (Å²) in [5.41, 5.74) is 4.32. The van der Waals surface area contributed by atoms with E-state index in [1.54, 1.807) is 0 Å². The molecule has 0 spiro atoms. The maximum Gasteiger partial charge on any atom is 0.309 e. The van der Waals surface area contributed by atoms with Crippen LogP contribution in [0.25, 0.3) is 5.57 Å². The van der Waals surface area contributed by atoms with Crippen LogP contribution in [-0.4, -0.2) is 28.1 Å². The minimum Gasteiger partial charge on any atom is -0.481 e. The average Bonchev–Trinajstić information content (AvgIpc) is 3.42. The number of amides is 1. The molecular weight excluding hydrogens is 586 g/mol. The molecule has 9 atom stereocenters. The Bertz CT molecular complexity index is 1490. The van der Waals surface area contributed by atoms with Crippen molar-refractivity contribution in [2.75, 3.05) is 5.32 Å². The van der Waals surface area contributed by atoms with Gasteiger partial charge in [-0.15, -0.1) is 0 Å². The SMILES string of the molecule is C=C(C)C1CCC2(C(=O)O)CCC3(CC)C(CCC4C5(C)CC=C(c6ccc(NC(=O)CCC(=O)O)cc6)C(C)(C)C5CCC43C)C12. The first kappa shape index (κ1) is 34.0. The van der Waals surface area contributed by atoms with Gasteiger partial charge in [0.25, 0.3) is 0 Å². The number of aliphatic carboxylic acids is 2. The summed E-state index contributed by atoms with van der Waals surface area (Å²) in [7, 11) is 0. The monoisotopic (exact) mass is 643 g/mol. The first-order valence-corrected chi connectivity index (χ1v) is 18.3. The lowest BCUT2D eigenvalue weighted by Crippen LogP contribution is -2.66. The fourth-order valence-corrected chi connectivity index (χ4v) is 13.4. The minimum atomic E-state index is -0.973. The summed E-state index contributed by atoms with van der Waals surface area (Å²) < 4.78 is 0. The number of hydrogen-bond donors (Lipinski definition) is 3. The van der Waals surface area contributed by atoms with Gasteiger partial charge in [0.2, 0.25) is 5.91 Å². The van der Waals surface area contributed by atoms with Crippen molar-refractivity contribution in [2.24, 2.45) is 56.7 Å². The zero-order chi connectivity index (χ0) is 34.2. The average molecular weight is 644 g/mol. The number of carboxylic acid groups (broad SMARTS) is 2. The minimum absolute atomic E-state index is 0.0294. The molecule has 5 aliphatic rings. The molecule has 9 unspecified atom stereocenters. The molecule has 0 bridgehead atoms. The van der Waals surface area contributed by atoms with E-state index in [9.17, 15) is 19.5 Å². The lowest BCUT2D eigenvalue weighted by molar-refractivity contribution is -0.235. The molecule has 1 aromatic carbocycles. The number of benzene rings is 1. The van der Waals surface area contributed by atoms with E-state index in [0.29, 0.717) is 29.4 Å². The Labute approximate surface area is 281 Å². The van der Waals surface area contributed by atoms with Crippen LogP contribution < -0.4 is 5.32 Å². The predicted molar refractivity (Wildman–Crippen MR) is 187 cm³/mol. The second-order valence-corrected chi connectivity index (χ2v) is 17.3. The van der Waals surface area contributed by atoms with Crippen molar-refractivity contribution in [2.45, 2.75) is 119 Å². The molecule has 1 aromatic rings. The standard InChI is InChI=1S/C41H57NO5/c1-8-41-24-23-40(36(46)47)22-17-28(25(2)3)35(40)30(41)13-14-32-38(6)20-18-29(37(4,5)31(38)19-21-39(32,41)7)26-9-11-27(12-10-26)42-33(43)15-16-34(44)45/h9-12,18,28,30-32,35H,2,8,13-17,19-24H2,1,3-7H3,(H,42,43)(H,44,45)(H,46,47). The molecule has 0 aliphatic heterocycles. The Morgan fingerprint density at radius 2 is 1.60 bits per heavy atom. The van der Waals surface area contributed by atoms with Crippen LogP contribution in [0.3, 0.4) is 0 Å². The van der Waals surface area contributed by atoms with E-state index in [-0.39, 0.29) is 46.3 Å². The van der Waals surface area contributed by atoms with E-state index >= 15 is 0 Å². The number of carboxylic acids is 2. The van der Waals surface area contributed by atoms with Crippen LogP contribution in [0.5, 0.6) is 0 Å². The molecule has 47 heavy (non-hydrogen) atoms. The highest BCUT2D eigenvalue weighted by Gasteiger charge is 2.72. The number of fused-ring (bicyclic) bond motifs is 7. The van der Waals surface area contributed by atoms with Gasteiger partial charge in [0.15, 0.2) is 0 Å². The van der Waals surface area contributed by atoms with Gasteiger partial charge < -0.3 is 15.5 Å². The summed E-state index contributed by atoms with van der Waals surface area (Å²) in [6.45, 7) is 19.0. The molecule has 1 amide bonds. The van der Waals surface area contributed by atoms with Crippen molar-refractivity contribution in [1.29, 1.82) is 0 Å². The third-order valence-corrected chi connectivity index (χ3v) is 15.4. The molecule has 4 fully saturated rings. The topological polar surface area (TPSA) is 104 Å². The number of carbonyl (C=O) groups excluding carboxylic acids is 1. The summed E-state index contributed by atoms with van der Waals surface area (Å²) in [4.78, 5) is 36.1. The van der Waals surface area contributed by atoms with Gasteiger partial charge in [-0.3, -0.25) is 14.4 Å². The Morgan fingerprint density at radius 3 is 2.21 bits per heavy atom. The summed E-state index contributed by atoms with van der Waals surface area (Å²) in [5, 5.41) is 22.5. The van der Waals surface area contributed by atoms with Crippen molar-refractivity contribution >= 4 is 29.1 Å². The summed E-state index contributed by atoms with van der Waals surface area (Å²) in [6, 6.07) is 8.07. The van der Waals surface area contributed by atoms with Crippen molar-refractivity contribution in [3.05, 3.63) is 48.1 Å². The molecule has 3 N–H and O–H groups in total. The number of nitrogens with one attached hydrogen (secondary N) is 1. The third kappa shape index (κ3) is 4.89. The highest BCUT2D eigenvalue weighted by molar-refractivity contribution is 5.92. The number of anilines is 1. The van der Waals surface area contributed by atoms with Gasteiger partial charge >= 0.3 is 11.9 Å². The maximum atomic E-state index is 13.1. The number of hydrogen-bond acceptors (Lipinski definition) is 3. The first-order valence-electron chi connectivity index (χ1n) is 18.3. The van der Waals surface area contributed by atoms with Gasteiger partial charge in [0, 0.05) is 12.1 Å².